The first-order valence-electron chi connectivity index (χ1n) is 6.42. The van der Waals surface area contributed by atoms with Crippen LogP contribution in [0.2, 0.25) is 0 Å². The molecular weight excluding hydrogens is 208 g/mol. The molecule has 2 N–H and O–H groups in total. The third kappa shape index (κ3) is 2.63. The van der Waals surface area contributed by atoms with Crippen LogP contribution in [0.1, 0.15) is 30.4 Å². The van der Waals surface area contributed by atoms with Gasteiger partial charge in [-0.15, -0.1) is 0 Å². The minimum absolute atomic E-state index is 0.903. The molecule has 1 aromatic carbocycles. The second-order valence-electron chi connectivity index (χ2n) is 4.85. The van der Waals surface area contributed by atoms with Gasteiger partial charge in [0.2, 0.25) is 0 Å². The fraction of sp³-hybridized carbons (Fsp3) is 0.467. The van der Waals surface area contributed by atoms with Crippen molar-refractivity contribution in [2.75, 3.05) is 19.4 Å². The average Bonchev–Trinajstić information content (AvgIpc) is 2.32. The second-order valence-corrected chi connectivity index (χ2v) is 4.85. The summed E-state index contributed by atoms with van der Waals surface area (Å²) in [6.07, 6.45) is 5.42. The normalized spacial score (nSPS) is 15.2. The van der Waals surface area contributed by atoms with E-state index in [4.69, 9.17) is 0 Å². The van der Waals surface area contributed by atoms with E-state index in [0.717, 1.165) is 17.2 Å². The van der Waals surface area contributed by atoms with Crippen LogP contribution in [0.4, 0.5) is 5.69 Å². The van der Waals surface area contributed by atoms with Crippen molar-refractivity contribution >= 4 is 11.4 Å². The fourth-order valence-electron chi connectivity index (χ4n) is 2.33. The minimum Gasteiger partial charge on any atom is -0.388 e. The Bertz CT molecular complexity index is 405. The van der Waals surface area contributed by atoms with Gasteiger partial charge < -0.3 is 10.6 Å². The number of hydrogen-bond donors (Lipinski definition) is 2. The number of nitrogens with one attached hydrogen (secondary N) is 2. The minimum atomic E-state index is 0.903. The molecule has 1 saturated carbocycles. The van der Waals surface area contributed by atoms with E-state index in [2.05, 4.69) is 35.4 Å². The Morgan fingerprint density at radius 3 is 2.65 bits per heavy atom. The maximum atomic E-state index is 4.00. The van der Waals surface area contributed by atoms with Gasteiger partial charge in [0, 0.05) is 25.5 Å². The van der Waals surface area contributed by atoms with Gasteiger partial charge in [-0.25, -0.2) is 0 Å². The highest BCUT2D eigenvalue weighted by atomic mass is 14.8. The van der Waals surface area contributed by atoms with Gasteiger partial charge in [0.05, 0.1) is 0 Å². The zero-order chi connectivity index (χ0) is 12.3. The zero-order valence-corrected chi connectivity index (χ0v) is 10.8. The van der Waals surface area contributed by atoms with E-state index in [0.29, 0.717) is 0 Å². The van der Waals surface area contributed by atoms with Crippen molar-refractivity contribution in [2.24, 2.45) is 5.92 Å². The largest absolute Gasteiger partial charge is 0.388 e. The SMILES string of the molecule is C=C(NC)c1ccc(CC2CCC2)c(NC)c1. The van der Waals surface area contributed by atoms with Crippen LogP contribution < -0.4 is 10.6 Å². The highest BCUT2D eigenvalue weighted by Gasteiger charge is 2.19. The van der Waals surface area contributed by atoms with Crippen molar-refractivity contribution in [1.82, 2.24) is 5.32 Å². The van der Waals surface area contributed by atoms with E-state index in [9.17, 15) is 0 Å². The molecule has 0 radical (unpaired) electrons. The molecule has 17 heavy (non-hydrogen) atoms. The summed E-state index contributed by atoms with van der Waals surface area (Å²) < 4.78 is 0. The molecule has 0 aromatic heterocycles. The van der Waals surface area contributed by atoms with E-state index in [1.807, 2.05) is 14.1 Å². The van der Waals surface area contributed by atoms with Crippen molar-refractivity contribution in [3.8, 4) is 0 Å². The topological polar surface area (TPSA) is 24.1 Å². The average molecular weight is 230 g/mol. The summed E-state index contributed by atoms with van der Waals surface area (Å²) in [7, 11) is 3.90. The predicted octanol–water partition coefficient (Wildman–Crippen LogP) is 3.26. The van der Waals surface area contributed by atoms with Crippen LogP contribution in [0.15, 0.2) is 24.8 Å². The smallest absolute Gasteiger partial charge is 0.0377 e. The van der Waals surface area contributed by atoms with Crippen LogP contribution in [0, 0.1) is 5.92 Å². The molecule has 0 heterocycles. The van der Waals surface area contributed by atoms with Crippen molar-refractivity contribution in [2.45, 2.75) is 25.7 Å². The molecule has 1 aliphatic carbocycles. The summed E-state index contributed by atoms with van der Waals surface area (Å²) >= 11 is 0. The first kappa shape index (κ1) is 12.0. The summed E-state index contributed by atoms with van der Waals surface area (Å²) in [5.74, 6) is 0.903. The lowest BCUT2D eigenvalue weighted by molar-refractivity contribution is 0.315. The van der Waals surface area contributed by atoms with E-state index in [1.165, 1.54) is 36.9 Å². The third-order valence-corrected chi connectivity index (χ3v) is 3.76. The number of rotatable bonds is 5. The molecule has 0 spiro atoms. The number of hydrogen-bond acceptors (Lipinski definition) is 2. The molecule has 0 atom stereocenters. The van der Waals surface area contributed by atoms with E-state index >= 15 is 0 Å². The molecule has 1 aromatic rings. The van der Waals surface area contributed by atoms with Crippen molar-refractivity contribution in [1.29, 1.82) is 0 Å². The van der Waals surface area contributed by atoms with Crippen LogP contribution in [0.3, 0.4) is 0 Å². The van der Waals surface area contributed by atoms with Gasteiger partial charge in [-0.05, 0) is 29.5 Å². The third-order valence-electron chi connectivity index (χ3n) is 3.76. The van der Waals surface area contributed by atoms with Gasteiger partial charge in [-0.2, -0.15) is 0 Å². The molecule has 0 unspecified atom stereocenters. The second kappa shape index (κ2) is 5.26. The molecule has 2 rings (SSSR count). The van der Waals surface area contributed by atoms with Crippen LogP contribution in [-0.2, 0) is 6.42 Å². The molecule has 2 heteroatoms. The highest BCUT2D eigenvalue weighted by Crippen LogP contribution is 2.32. The number of benzene rings is 1. The highest BCUT2D eigenvalue weighted by molar-refractivity contribution is 5.67. The van der Waals surface area contributed by atoms with Crippen molar-refractivity contribution in [3.63, 3.8) is 0 Å². The zero-order valence-electron chi connectivity index (χ0n) is 10.8. The molecule has 0 bridgehead atoms. The Morgan fingerprint density at radius 2 is 2.12 bits per heavy atom. The maximum Gasteiger partial charge on any atom is 0.0377 e. The van der Waals surface area contributed by atoms with Crippen molar-refractivity contribution < 1.29 is 0 Å². The molecule has 1 aliphatic rings. The molecule has 0 saturated heterocycles. The van der Waals surface area contributed by atoms with Gasteiger partial charge >= 0.3 is 0 Å². The number of anilines is 1. The van der Waals surface area contributed by atoms with Crippen LogP contribution >= 0.6 is 0 Å². The van der Waals surface area contributed by atoms with Crippen molar-refractivity contribution in [3.05, 3.63) is 35.9 Å². The van der Waals surface area contributed by atoms with Gasteiger partial charge in [-0.3, -0.25) is 0 Å². The monoisotopic (exact) mass is 230 g/mol. The van der Waals surface area contributed by atoms with E-state index in [-0.39, 0.29) is 0 Å². The van der Waals surface area contributed by atoms with Gasteiger partial charge in [0.25, 0.3) is 0 Å². The Kier molecular flexibility index (Phi) is 3.72. The fourth-order valence-corrected chi connectivity index (χ4v) is 2.33. The lowest BCUT2D eigenvalue weighted by Crippen LogP contribution is -2.14. The standard InChI is InChI=1S/C15H22N2/c1-11(16-2)13-7-8-14(15(10-13)17-3)9-12-5-4-6-12/h7-8,10,12,16-17H,1,4-6,9H2,2-3H3. The molecule has 0 aliphatic heterocycles. The Hall–Kier alpha value is -1.44. The predicted molar refractivity (Wildman–Crippen MR) is 75.1 cm³/mol. The Labute approximate surface area is 104 Å². The molecule has 1 fully saturated rings. The summed E-state index contributed by atoms with van der Waals surface area (Å²) in [5, 5.41) is 6.39. The first-order chi connectivity index (χ1) is 8.24. The lowest BCUT2D eigenvalue weighted by Gasteiger charge is -2.26. The maximum absolute atomic E-state index is 4.00. The quantitative estimate of drug-likeness (QED) is 0.811. The Morgan fingerprint density at radius 1 is 1.35 bits per heavy atom. The summed E-state index contributed by atoms with van der Waals surface area (Å²) in [5.41, 5.74) is 4.81. The molecule has 92 valence electrons. The van der Waals surface area contributed by atoms with Crippen LogP contribution in [0.5, 0.6) is 0 Å². The molecule has 0 amide bonds. The first-order valence-corrected chi connectivity index (χ1v) is 6.42. The van der Waals surface area contributed by atoms with Crippen LogP contribution in [0.25, 0.3) is 5.70 Å². The summed E-state index contributed by atoms with van der Waals surface area (Å²) in [6.45, 7) is 4.00. The summed E-state index contributed by atoms with van der Waals surface area (Å²) in [6, 6.07) is 6.59. The lowest BCUT2D eigenvalue weighted by atomic mass is 9.80. The van der Waals surface area contributed by atoms with Gasteiger partial charge in [0.1, 0.15) is 0 Å². The van der Waals surface area contributed by atoms with E-state index in [1.54, 1.807) is 0 Å². The molecule has 2 nitrogen and oxygen atoms in total. The van der Waals surface area contributed by atoms with Crippen LogP contribution in [-0.4, -0.2) is 14.1 Å². The van der Waals surface area contributed by atoms with Gasteiger partial charge in [0.15, 0.2) is 0 Å². The molecular formula is C15H22N2. The van der Waals surface area contributed by atoms with E-state index < -0.39 is 0 Å². The Balaban J connectivity index is 2.18. The summed E-state index contributed by atoms with van der Waals surface area (Å²) in [4.78, 5) is 0. The van der Waals surface area contributed by atoms with Gasteiger partial charge in [-0.1, -0.05) is 38.0 Å².